The van der Waals surface area contributed by atoms with E-state index in [9.17, 15) is 4.79 Å². The lowest BCUT2D eigenvalue weighted by molar-refractivity contribution is 0.0941. The van der Waals surface area contributed by atoms with Gasteiger partial charge < -0.3 is 20.1 Å². The van der Waals surface area contributed by atoms with Gasteiger partial charge in [-0.15, -0.1) is 10.2 Å². The Hall–Kier alpha value is -3.61. The molecule has 2 N–H and O–H groups in total. The second-order valence-electron chi connectivity index (χ2n) is 6.43. The second kappa shape index (κ2) is 10.1. The molecular formula is C22H24N4O3. The Morgan fingerprint density at radius 1 is 1.00 bits per heavy atom. The highest BCUT2D eigenvalue weighted by Gasteiger charge is 2.08. The summed E-state index contributed by atoms with van der Waals surface area (Å²) in [5.41, 5.74) is 2.62. The van der Waals surface area contributed by atoms with Crippen LogP contribution in [0.2, 0.25) is 0 Å². The molecule has 1 aromatic heterocycles. The number of anilines is 1. The molecule has 0 fully saturated rings. The quantitative estimate of drug-likeness (QED) is 0.544. The van der Waals surface area contributed by atoms with Crippen molar-refractivity contribution >= 4 is 11.7 Å². The largest absolute Gasteiger partial charge is 0.497 e. The molecule has 7 nitrogen and oxygen atoms in total. The zero-order chi connectivity index (χ0) is 20.5. The first-order chi connectivity index (χ1) is 14.1. The predicted octanol–water partition coefficient (Wildman–Crippen LogP) is 3.21. The summed E-state index contributed by atoms with van der Waals surface area (Å²) in [6, 6.07) is 18.9. The van der Waals surface area contributed by atoms with E-state index in [1.54, 1.807) is 19.2 Å². The van der Waals surface area contributed by atoms with Gasteiger partial charge in [0.15, 0.2) is 5.69 Å². The smallest absolute Gasteiger partial charge is 0.271 e. The molecule has 0 aliphatic carbocycles. The number of rotatable bonds is 9. The topological polar surface area (TPSA) is 85.4 Å². The Morgan fingerprint density at radius 2 is 1.79 bits per heavy atom. The van der Waals surface area contributed by atoms with E-state index in [4.69, 9.17) is 9.47 Å². The third-order valence-electron chi connectivity index (χ3n) is 4.17. The summed E-state index contributed by atoms with van der Waals surface area (Å²) in [6.07, 6.45) is 0. The van der Waals surface area contributed by atoms with Crippen LogP contribution in [0.4, 0.5) is 5.82 Å². The van der Waals surface area contributed by atoms with Crippen LogP contribution in [0.5, 0.6) is 11.5 Å². The van der Waals surface area contributed by atoms with Gasteiger partial charge >= 0.3 is 0 Å². The summed E-state index contributed by atoms with van der Waals surface area (Å²) in [5.74, 6) is 1.80. The number of amides is 1. The van der Waals surface area contributed by atoms with Gasteiger partial charge in [-0.25, -0.2) is 0 Å². The molecule has 3 aromatic rings. The molecule has 29 heavy (non-hydrogen) atoms. The summed E-state index contributed by atoms with van der Waals surface area (Å²) in [4.78, 5) is 12.2. The van der Waals surface area contributed by atoms with Crippen molar-refractivity contribution in [3.05, 3.63) is 77.5 Å². The Bertz CT molecular complexity index is 928. The van der Waals surface area contributed by atoms with Crippen LogP contribution in [0.1, 0.15) is 21.6 Å². The van der Waals surface area contributed by atoms with E-state index in [2.05, 4.69) is 39.9 Å². The lowest BCUT2D eigenvalue weighted by Crippen LogP contribution is -2.29. The fourth-order valence-electron chi connectivity index (χ4n) is 2.66. The van der Waals surface area contributed by atoms with Crippen LogP contribution in [0.15, 0.2) is 60.7 Å². The highest BCUT2D eigenvalue weighted by molar-refractivity contribution is 5.92. The van der Waals surface area contributed by atoms with Gasteiger partial charge in [0.2, 0.25) is 0 Å². The molecule has 7 heteroatoms. The number of nitrogens with zero attached hydrogens (tertiary/aromatic N) is 2. The van der Waals surface area contributed by atoms with Crippen molar-refractivity contribution in [2.75, 3.05) is 25.6 Å². The van der Waals surface area contributed by atoms with Gasteiger partial charge in [0.1, 0.15) is 23.9 Å². The van der Waals surface area contributed by atoms with E-state index >= 15 is 0 Å². The van der Waals surface area contributed by atoms with E-state index in [1.165, 1.54) is 5.56 Å². The van der Waals surface area contributed by atoms with Crippen molar-refractivity contribution in [1.82, 2.24) is 15.5 Å². The summed E-state index contributed by atoms with van der Waals surface area (Å²) in [6.45, 7) is 3.41. The molecule has 150 valence electrons. The highest BCUT2D eigenvalue weighted by atomic mass is 16.5. The van der Waals surface area contributed by atoms with Gasteiger partial charge in [-0.2, -0.15) is 0 Å². The molecule has 3 rings (SSSR count). The van der Waals surface area contributed by atoms with Crippen LogP contribution in [-0.4, -0.2) is 36.4 Å². The fraction of sp³-hybridized carbons (Fsp3) is 0.227. The monoisotopic (exact) mass is 392 g/mol. The van der Waals surface area contributed by atoms with Gasteiger partial charge in [0.25, 0.3) is 5.91 Å². The second-order valence-corrected chi connectivity index (χ2v) is 6.43. The van der Waals surface area contributed by atoms with Gasteiger partial charge in [-0.3, -0.25) is 4.79 Å². The van der Waals surface area contributed by atoms with E-state index in [-0.39, 0.29) is 11.6 Å². The summed E-state index contributed by atoms with van der Waals surface area (Å²) >= 11 is 0. The van der Waals surface area contributed by atoms with Crippen LogP contribution < -0.4 is 20.1 Å². The van der Waals surface area contributed by atoms with Gasteiger partial charge in [0, 0.05) is 6.54 Å². The lowest BCUT2D eigenvalue weighted by Gasteiger charge is -2.09. The zero-order valence-corrected chi connectivity index (χ0v) is 16.5. The number of hydrogen-bond donors (Lipinski definition) is 2. The molecule has 1 heterocycles. The molecule has 0 spiro atoms. The normalized spacial score (nSPS) is 10.3. The van der Waals surface area contributed by atoms with Crippen molar-refractivity contribution in [1.29, 1.82) is 0 Å². The number of carbonyl (C=O) groups is 1. The fourth-order valence-corrected chi connectivity index (χ4v) is 2.66. The van der Waals surface area contributed by atoms with Crippen LogP contribution in [0.25, 0.3) is 0 Å². The maximum absolute atomic E-state index is 12.2. The number of hydrogen-bond acceptors (Lipinski definition) is 6. The Labute approximate surface area is 170 Å². The first kappa shape index (κ1) is 20.1. The number of benzene rings is 2. The van der Waals surface area contributed by atoms with Crippen LogP contribution >= 0.6 is 0 Å². The molecule has 0 aliphatic heterocycles. The number of aryl methyl sites for hydroxylation is 1. The Balaban J connectivity index is 1.41. The van der Waals surface area contributed by atoms with E-state index < -0.39 is 0 Å². The predicted molar refractivity (Wildman–Crippen MR) is 111 cm³/mol. The average molecular weight is 392 g/mol. The van der Waals surface area contributed by atoms with Crippen molar-refractivity contribution < 1.29 is 14.3 Å². The minimum Gasteiger partial charge on any atom is -0.497 e. The lowest BCUT2D eigenvalue weighted by atomic mass is 10.1. The third-order valence-corrected chi connectivity index (χ3v) is 4.17. The van der Waals surface area contributed by atoms with Crippen LogP contribution in [0, 0.1) is 6.92 Å². The molecule has 0 atom stereocenters. The molecule has 1 amide bonds. The maximum atomic E-state index is 12.2. The molecule has 0 saturated heterocycles. The summed E-state index contributed by atoms with van der Waals surface area (Å²) in [5, 5.41) is 14.0. The molecular weight excluding hydrogens is 368 g/mol. The maximum Gasteiger partial charge on any atom is 0.271 e. The Morgan fingerprint density at radius 3 is 2.48 bits per heavy atom. The van der Waals surface area contributed by atoms with Crippen molar-refractivity contribution in [3.63, 3.8) is 0 Å². The van der Waals surface area contributed by atoms with Crippen molar-refractivity contribution in [3.8, 4) is 11.5 Å². The summed E-state index contributed by atoms with van der Waals surface area (Å²) < 4.78 is 10.7. The number of ether oxygens (including phenoxy) is 2. The molecule has 0 saturated carbocycles. The van der Waals surface area contributed by atoms with Crippen LogP contribution in [0.3, 0.4) is 0 Å². The van der Waals surface area contributed by atoms with Crippen LogP contribution in [-0.2, 0) is 6.54 Å². The standard InChI is InChI=1S/C22H24N4O3/c1-16-4-3-5-17(14-16)15-24-21-11-10-20(25-26-21)22(27)23-12-13-29-19-8-6-18(28-2)7-9-19/h3-11,14H,12-13,15H2,1-2H3,(H,23,27)(H,24,26). The molecule has 2 aromatic carbocycles. The zero-order valence-electron chi connectivity index (χ0n) is 16.5. The minimum absolute atomic E-state index is 0.260. The molecule has 0 bridgehead atoms. The van der Waals surface area contributed by atoms with Crippen molar-refractivity contribution in [2.45, 2.75) is 13.5 Å². The molecule has 0 aliphatic rings. The number of aromatic nitrogens is 2. The van der Waals surface area contributed by atoms with E-state index in [0.29, 0.717) is 31.3 Å². The first-order valence-electron chi connectivity index (χ1n) is 9.32. The first-order valence-corrected chi connectivity index (χ1v) is 9.32. The van der Waals surface area contributed by atoms with E-state index in [1.807, 2.05) is 36.4 Å². The average Bonchev–Trinajstić information content (AvgIpc) is 2.76. The number of nitrogens with one attached hydrogen (secondary N) is 2. The van der Waals surface area contributed by atoms with Gasteiger partial charge in [-0.1, -0.05) is 29.8 Å². The van der Waals surface area contributed by atoms with E-state index in [0.717, 1.165) is 11.3 Å². The van der Waals surface area contributed by atoms with Crippen molar-refractivity contribution in [2.24, 2.45) is 0 Å². The minimum atomic E-state index is -0.291. The highest BCUT2D eigenvalue weighted by Crippen LogP contribution is 2.16. The number of carbonyl (C=O) groups excluding carboxylic acids is 1. The molecule has 0 unspecified atom stereocenters. The molecule has 0 radical (unpaired) electrons. The third kappa shape index (κ3) is 6.21. The Kier molecular flexibility index (Phi) is 7.00. The number of methoxy groups -OCH3 is 1. The SMILES string of the molecule is COc1ccc(OCCNC(=O)c2ccc(NCc3cccc(C)c3)nn2)cc1. The van der Waals surface area contributed by atoms with Gasteiger partial charge in [-0.05, 0) is 48.9 Å². The van der Waals surface area contributed by atoms with Gasteiger partial charge in [0.05, 0.1) is 13.7 Å². The summed E-state index contributed by atoms with van der Waals surface area (Å²) in [7, 11) is 1.61.